The molecule has 2 aliphatic rings. The lowest BCUT2D eigenvalue weighted by Crippen LogP contribution is -3.10. The predicted octanol–water partition coefficient (Wildman–Crippen LogP) is 1.15. The highest BCUT2D eigenvalue weighted by atomic mass is 19.4. The maximum Gasteiger partial charge on any atom is 0.416 e. The Morgan fingerprint density at radius 3 is 2.69 bits per heavy atom. The summed E-state index contributed by atoms with van der Waals surface area (Å²) >= 11 is 0. The molecule has 2 atom stereocenters. The number of H-pyrrole nitrogens is 1. The minimum atomic E-state index is -4.66. The van der Waals surface area contributed by atoms with E-state index in [1.165, 1.54) is 13.2 Å². The number of ether oxygens (including phenoxy) is 3. The highest BCUT2D eigenvalue weighted by Gasteiger charge is 2.41. The topological polar surface area (TPSA) is 107 Å². The number of methoxy groups -OCH3 is 1. The van der Waals surface area contributed by atoms with E-state index in [0.29, 0.717) is 40.3 Å². The third kappa shape index (κ3) is 3.60. The Kier molecular flexibility index (Phi) is 5.28. The number of rotatable bonds is 3. The lowest BCUT2D eigenvalue weighted by Gasteiger charge is -2.33. The van der Waals surface area contributed by atoms with Crippen LogP contribution in [0.1, 0.15) is 28.3 Å². The van der Waals surface area contributed by atoms with Crippen molar-refractivity contribution in [3.63, 3.8) is 0 Å². The first-order valence-electron chi connectivity index (χ1n) is 10.7. The molecule has 12 heteroatoms. The second kappa shape index (κ2) is 8.08. The number of fused-ring (bicyclic) bond motifs is 2. The maximum absolute atomic E-state index is 13.3. The Morgan fingerprint density at radius 2 is 1.97 bits per heavy atom. The van der Waals surface area contributed by atoms with Gasteiger partial charge in [-0.05, 0) is 29.8 Å². The van der Waals surface area contributed by atoms with Gasteiger partial charge in [0, 0.05) is 6.42 Å². The van der Waals surface area contributed by atoms with E-state index in [2.05, 4.69) is 4.98 Å². The van der Waals surface area contributed by atoms with Crippen molar-refractivity contribution in [2.24, 2.45) is 0 Å². The maximum atomic E-state index is 13.3. The number of aromatic nitrogens is 2. The van der Waals surface area contributed by atoms with Crippen LogP contribution in [0.3, 0.4) is 0 Å². The molecular weight excluding hydrogens is 471 g/mol. The number of likely N-dealkylation sites (N-methyl/N-ethyl adjacent to an activating group) is 1. The highest BCUT2D eigenvalue weighted by Crippen LogP contribution is 2.48. The number of hydrogen-bond acceptors (Lipinski definition) is 6. The summed E-state index contributed by atoms with van der Waals surface area (Å²) in [4.78, 5) is 28.6. The molecule has 0 bridgehead atoms. The van der Waals surface area contributed by atoms with Gasteiger partial charge in [-0.25, -0.2) is 9.36 Å². The Bertz CT molecular complexity index is 1450. The number of quaternary nitrogens is 1. The van der Waals surface area contributed by atoms with Crippen LogP contribution in [0.2, 0.25) is 0 Å². The van der Waals surface area contributed by atoms with Gasteiger partial charge in [-0.1, -0.05) is 6.07 Å². The summed E-state index contributed by atoms with van der Waals surface area (Å²) in [6.07, 6.45) is -4.06. The molecule has 184 valence electrons. The average molecular weight is 492 g/mol. The van der Waals surface area contributed by atoms with E-state index < -0.39 is 34.9 Å². The zero-order valence-corrected chi connectivity index (χ0v) is 18.7. The predicted molar refractivity (Wildman–Crippen MR) is 116 cm³/mol. The summed E-state index contributed by atoms with van der Waals surface area (Å²) in [5.41, 5.74) is -1.99. The molecule has 0 saturated heterocycles. The van der Waals surface area contributed by atoms with Gasteiger partial charge in [0.05, 0.1) is 37.5 Å². The Hall–Kier alpha value is -3.93. The standard InChI is InChI=1S/C23H20F3N3O6/c1-28-7-6-11-8-14-18(35-10-34-14)19(33-2)15(11)17(28)16-20(30)27-22(32)29(21(16)31)13-5-3-4-12(9-13)23(24,25)26/h3-5,8-9,17,31H,6-7,10H2,1-2H3,(H,27,30,32)/p+1/t17-/m0/s1. The second-order valence-electron chi connectivity index (χ2n) is 8.38. The fourth-order valence-corrected chi connectivity index (χ4v) is 4.78. The molecule has 9 nitrogen and oxygen atoms in total. The Morgan fingerprint density at radius 1 is 1.20 bits per heavy atom. The van der Waals surface area contributed by atoms with E-state index in [0.717, 1.165) is 28.7 Å². The van der Waals surface area contributed by atoms with E-state index in [1.807, 2.05) is 0 Å². The van der Waals surface area contributed by atoms with Crippen molar-refractivity contribution < 1.29 is 37.4 Å². The summed E-state index contributed by atoms with van der Waals surface area (Å²) in [6, 6.07) is 4.90. The summed E-state index contributed by atoms with van der Waals surface area (Å²) in [7, 11) is 3.24. The van der Waals surface area contributed by atoms with E-state index in [9.17, 15) is 27.9 Å². The van der Waals surface area contributed by atoms with Crippen LogP contribution in [0.5, 0.6) is 23.1 Å². The molecule has 1 aromatic heterocycles. The fraction of sp³-hybridized carbons (Fsp3) is 0.304. The number of aromatic hydroxyl groups is 1. The van der Waals surface area contributed by atoms with Crippen molar-refractivity contribution >= 4 is 0 Å². The molecule has 5 rings (SSSR count). The first kappa shape index (κ1) is 22.8. The number of halogens is 3. The first-order valence-corrected chi connectivity index (χ1v) is 10.7. The smallest absolute Gasteiger partial charge is 0.416 e. The SMILES string of the molecule is COc1c2c(cc3c1[C@@H](c1c(O)n(-c4cccc(C(F)(F)F)c4)c(=O)[nH]c1=O)[NH+](C)CC3)OCO2. The summed E-state index contributed by atoms with van der Waals surface area (Å²) < 4.78 is 57.2. The third-order valence-corrected chi connectivity index (χ3v) is 6.36. The highest BCUT2D eigenvalue weighted by molar-refractivity contribution is 5.63. The molecule has 2 aliphatic heterocycles. The van der Waals surface area contributed by atoms with Crippen molar-refractivity contribution in [2.45, 2.75) is 18.6 Å². The van der Waals surface area contributed by atoms with Crippen LogP contribution >= 0.6 is 0 Å². The first-order chi connectivity index (χ1) is 16.6. The molecule has 0 spiro atoms. The van der Waals surface area contributed by atoms with Gasteiger partial charge in [-0.3, -0.25) is 9.78 Å². The van der Waals surface area contributed by atoms with Crippen LogP contribution < -0.4 is 30.4 Å². The van der Waals surface area contributed by atoms with E-state index in [4.69, 9.17) is 14.2 Å². The number of hydrogen-bond donors (Lipinski definition) is 3. The summed E-state index contributed by atoms with van der Waals surface area (Å²) in [5, 5.41) is 11.2. The minimum absolute atomic E-state index is 0.00575. The molecule has 3 aromatic rings. The number of alkyl halides is 3. The molecule has 3 N–H and O–H groups in total. The van der Waals surface area contributed by atoms with Crippen molar-refractivity contribution in [3.05, 3.63) is 73.4 Å². The molecule has 0 fully saturated rings. The normalized spacial score (nSPS) is 18.9. The van der Waals surface area contributed by atoms with Crippen LogP contribution in [0, 0.1) is 0 Å². The van der Waals surface area contributed by atoms with Crippen LogP contribution in [-0.2, 0) is 12.6 Å². The van der Waals surface area contributed by atoms with Gasteiger partial charge in [0.25, 0.3) is 5.56 Å². The van der Waals surface area contributed by atoms with E-state index in [-0.39, 0.29) is 18.0 Å². The van der Waals surface area contributed by atoms with Crippen LogP contribution in [-0.4, -0.2) is 42.2 Å². The lowest BCUT2D eigenvalue weighted by atomic mass is 9.87. The van der Waals surface area contributed by atoms with Gasteiger partial charge in [-0.15, -0.1) is 0 Å². The average Bonchev–Trinajstić information content (AvgIpc) is 3.26. The molecule has 1 unspecified atom stereocenters. The fourth-order valence-electron chi connectivity index (χ4n) is 4.78. The van der Waals surface area contributed by atoms with Crippen molar-refractivity contribution in [1.29, 1.82) is 0 Å². The monoisotopic (exact) mass is 492 g/mol. The van der Waals surface area contributed by atoms with Gasteiger partial charge < -0.3 is 24.2 Å². The van der Waals surface area contributed by atoms with E-state index in [1.54, 1.807) is 13.1 Å². The van der Waals surface area contributed by atoms with Crippen molar-refractivity contribution in [2.75, 3.05) is 27.5 Å². The summed E-state index contributed by atoms with van der Waals surface area (Å²) in [5.74, 6) is 0.420. The van der Waals surface area contributed by atoms with Crippen LogP contribution in [0.15, 0.2) is 39.9 Å². The van der Waals surface area contributed by atoms with Gasteiger partial charge in [-0.2, -0.15) is 13.2 Å². The summed E-state index contributed by atoms with van der Waals surface area (Å²) in [6.45, 7) is 0.552. The third-order valence-electron chi connectivity index (χ3n) is 6.36. The molecule has 0 aliphatic carbocycles. The van der Waals surface area contributed by atoms with Gasteiger partial charge in [0.15, 0.2) is 17.5 Å². The lowest BCUT2D eigenvalue weighted by molar-refractivity contribution is -0.908. The number of benzene rings is 2. The number of aromatic amines is 1. The van der Waals surface area contributed by atoms with Crippen LogP contribution in [0.4, 0.5) is 13.2 Å². The largest absolute Gasteiger partial charge is 0.494 e. The minimum Gasteiger partial charge on any atom is -0.494 e. The van der Waals surface area contributed by atoms with Crippen molar-refractivity contribution in [3.8, 4) is 28.8 Å². The quantitative estimate of drug-likeness (QED) is 0.507. The molecule has 3 heterocycles. The Labute approximate surface area is 195 Å². The molecular formula is C23H21F3N3O6+. The zero-order valence-electron chi connectivity index (χ0n) is 18.7. The molecule has 0 radical (unpaired) electrons. The van der Waals surface area contributed by atoms with Gasteiger partial charge >= 0.3 is 11.9 Å². The molecule has 2 aromatic carbocycles. The van der Waals surface area contributed by atoms with E-state index >= 15 is 0 Å². The molecule has 0 saturated carbocycles. The van der Waals surface area contributed by atoms with Crippen LogP contribution in [0.25, 0.3) is 5.69 Å². The second-order valence-corrected chi connectivity index (χ2v) is 8.38. The zero-order chi connectivity index (χ0) is 25.1. The van der Waals surface area contributed by atoms with Gasteiger partial charge in [0.2, 0.25) is 18.4 Å². The number of nitrogens with zero attached hydrogens (tertiary/aromatic N) is 1. The number of nitrogens with one attached hydrogen (secondary N) is 2. The van der Waals surface area contributed by atoms with Gasteiger partial charge in [0.1, 0.15) is 5.56 Å². The Balaban J connectivity index is 1.76. The molecule has 35 heavy (non-hydrogen) atoms. The van der Waals surface area contributed by atoms with Crippen molar-refractivity contribution in [1.82, 2.24) is 9.55 Å². The molecule has 0 amide bonds.